The summed E-state index contributed by atoms with van der Waals surface area (Å²) in [6.45, 7) is -0.470. The lowest BCUT2D eigenvalue weighted by atomic mass is 10.1. The standard InChI is InChI=1S/C23H19BrN2O4/c1-26(18-10-3-2-4-11-18)22(28)19-12-5-6-13-20(19)23(29)30-15-21(27)25-17-9-7-8-16(24)14-17/h2-14H,15H2,1H3,(H,25,27). The first kappa shape index (κ1) is 21.3. The molecular formula is C23H19BrN2O4. The smallest absolute Gasteiger partial charge is 0.339 e. The van der Waals surface area contributed by atoms with Crippen LogP contribution in [0.5, 0.6) is 0 Å². The molecule has 1 N–H and O–H groups in total. The Morgan fingerprint density at radius 1 is 0.900 bits per heavy atom. The van der Waals surface area contributed by atoms with Crippen molar-refractivity contribution >= 4 is 45.1 Å². The van der Waals surface area contributed by atoms with E-state index in [4.69, 9.17) is 4.74 Å². The van der Waals surface area contributed by atoms with Gasteiger partial charge in [0.15, 0.2) is 6.61 Å². The molecule has 0 heterocycles. The summed E-state index contributed by atoms with van der Waals surface area (Å²) in [5.74, 6) is -1.58. The van der Waals surface area contributed by atoms with Gasteiger partial charge in [-0.1, -0.05) is 52.3 Å². The van der Waals surface area contributed by atoms with E-state index in [0.717, 1.165) is 4.47 Å². The molecule has 0 saturated carbocycles. The summed E-state index contributed by atoms with van der Waals surface area (Å²) in [4.78, 5) is 39.0. The number of amides is 2. The van der Waals surface area contributed by atoms with Crippen LogP contribution in [-0.4, -0.2) is 31.4 Å². The molecule has 6 nitrogen and oxygen atoms in total. The van der Waals surface area contributed by atoms with E-state index < -0.39 is 18.5 Å². The van der Waals surface area contributed by atoms with Crippen molar-refractivity contribution in [3.8, 4) is 0 Å². The molecule has 30 heavy (non-hydrogen) atoms. The molecule has 0 unspecified atom stereocenters. The molecule has 0 spiro atoms. The van der Waals surface area contributed by atoms with Gasteiger partial charge in [0, 0.05) is 22.9 Å². The molecule has 0 atom stereocenters. The second-order valence-corrected chi connectivity index (χ2v) is 7.30. The molecule has 0 aromatic heterocycles. The highest BCUT2D eigenvalue weighted by molar-refractivity contribution is 9.10. The Balaban J connectivity index is 1.68. The lowest BCUT2D eigenvalue weighted by Crippen LogP contribution is -2.28. The third-order valence-electron chi connectivity index (χ3n) is 4.27. The Bertz CT molecular complexity index is 1070. The van der Waals surface area contributed by atoms with Crippen LogP contribution < -0.4 is 10.2 Å². The van der Waals surface area contributed by atoms with Gasteiger partial charge < -0.3 is 15.0 Å². The van der Waals surface area contributed by atoms with Crippen molar-refractivity contribution in [1.82, 2.24) is 0 Å². The predicted octanol–water partition coefficient (Wildman–Crippen LogP) is 4.52. The lowest BCUT2D eigenvalue weighted by molar-refractivity contribution is -0.119. The second-order valence-electron chi connectivity index (χ2n) is 6.38. The van der Waals surface area contributed by atoms with E-state index in [0.29, 0.717) is 11.4 Å². The van der Waals surface area contributed by atoms with Crippen molar-refractivity contribution in [2.45, 2.75) is 0 Å². The number of anilines is 2. The predicted molar refractivity (Wildman–Crippen MR) is 119 cm³/mol. The fraction of sp³-hybridized carbons (Fsp3) is 0.0870. The van der Waals surface area contributed by atoms with Gasteiger partial charge in [0.25, 0.3) is 11.8 Å². The zero-order valence-electron chi connectivity index (χ0n) is 16.2. The van der Waals surface area contributed by atoms with Crippen LogP contribution in [0.25, 0.3) is 0 Å². The van der Waals surface area contributed by atoms with Gasteiger partial charge in [-0.05, 0) is 42.5 Å². The van der Waals surface area contributed by atoms with Crippen LogP contribution in [-0.2, 0) is 9.53 Å². The van der Waals surface area contributed by atoms with E-state index in [1.165, 1.54) is 11.0 Å². The molecule has 0 fully saturated rings. The molecule has 0 aliphatic heterocycles. The minimum atomic E-state index is -0.746. The monoisotopic (exact) mass is 466 g/mol. The van der Waals surface area contributed by atoms with E-state index in [1.54, 1.807) is 55.6 Å². The molecule has 0 saturated heterocycles. The Kier molecular flexibility index (Phi) is 6.98. The number of esters is 1. The molecule has 7 heteroatoms. The number of ether oxygens (including phenoxy) is 1. The van der Waals surface area contributed by atoms with Crippen LogP contribution in [0.3, 0.4) is 0 Å². The number of para-hydroxylation sites is 1. The number of nitrogens with zero attached hydrogens (tertiary/aromatic N) is 1. The number of nitrogens with one attached hydrogen (secondary N) is 1. The highest BCUT2D eigenvalue weighted by atomic mass is 79.9. The maximum absolute atomic E-state index is 12.9. The third kappa shape index (κ3) is 5.33. The average Bonchev–Trinajstić information content (AvgIpc) is 2.77. The Labute approximate surface area is 182 Å². The first-order valence-electron chi connectivity index (χ1n) is 9.10. The van der Waals surface area contributed by atoms with Gasteiger partial charge in [0.05, 0.1) is 11.1 Å². The van der Waals surface area contributed by atoms with Crippen molar-refractivity contribution in [3.63, 3.8) is 0 Å². The number of hydrogen-bond acceptors (Lipinski definition) is 4. The quantitative estimate of drug-likeness (QED) is 0.541. The van der Waals surface area contributed by atoms with Crippen LogP contribution in [0.1, 0.15) is 20.7 Å². The maximum atomic E-state index is 12.9. The summed E-state index contributed by atoms with van der Waals surface area (Å²) in [6.07, 6.45) is 0. The largest absolute Gasteiger partial charge is 0.452 e. The molecule has 3 aromatic rings. The van der Waals surface area contributed by atoms with Crippen molar-refractivity contribution in [1.29, 1.82) is 0 Å². The summed E-state index contributed by atoms with van der Waals surface area (Å²) in [6, 6.07) is 22.5. The Morgan fingerprint density at radius 2 is 1.57 bits per heavy atom. The summed E-state index contributed by atoms with van der Waals surface area (Å²) >= 11 is 3.32. The number of carbonyl (C=O) groups is 3. The highest BCUT2D eigenvalue weighted by Crippen LogP contribution is 2.19. The van der Waals surface area contributed by atoms with Crippen molar-refractivity contribution in [2.24, 2.45) is 0 Å². The Morgan fingerprint density at radius 3 is 2.27 bits per heavy atom. The normalized spacial score (nSPS) is 10.2. The fourth-order valence-corrected chi connectivity index (χ4v) is 3.17. The third-order valence-corrected chi connectivity index (χ3v) is 4.76. The van der Waals surface area contributed by atoms with Crippen LogP contribution in [0.15, 0.2) is 83.3 Å². The van der Waals surface area contributed by atoms with Crippen LogP contribution in [0.2, 0.25) is 0 Å². The first-order valence-corrected chi connectivity index (χ1v) is 9.89. The van der Waals surface area contributed by atoms with E-state index in [9.17, 15) is 14.4 Å². The number of rotatable bonds is 6. The number of halogens is 1. The summed E-state index contributed by atoms with van der Waals surface area (Å²) < 4.78 is 5.95. The molecule has 2 amide bonds. The zero-order chi connectivity index (χ0) is 21.5. The highest BCUT2D eigenvalue weighted by Gasteiger charge is 2.22. The second kappa shape index (κ2) is 9.84. The minimum absolute atomic E-state index is 0.0977. The zero-order valence-corrected chi connectivity index (χ0v) is 17.8. The van der Waals surface area contributed by atoms with E-state index in [-0.39, 0.29) is 17.0 Å². The lowest BCUT2D eigenvalue weighted by Gasteiger charge is -2.18. The fourth-order valence-electron chi connectivity index (χ4n) is 2.77. The maximum Gasteiger partial charge on any atom is 0.339 e. The van der Waals surface area contributed by atoms with Crippen LogP contribution in [0, 0.1) is 0 Å². The summed E-state index contributed by atoms with van der Waals surface area (Å²) in [7, 11) is 1.63. The summed E-state index contributed by atoms with van der Waals surface area (Å²) in [5, 5.41) is 2.65. The number of carbonyl (C=O) groups excluding carboxylic acids is 3. The van der Waals surface area contributed by atoms with Gasteiger partial charge in [-0.3, -0.25) is 9.59 Å². The number of benzene rings is 3. The van der Waals surface area contributed by atoms with Crippen molar-refractivity contribution in [3.05, 3.63) is 94.5 Å². The van der Waals surface area contributed by atoms with Gasteiger partial charge in [0.1, 0.15) is 0 Å². The van der Waals surface area contributed by atoms with Gasteiger partial charge in [-0.25, -0.2) is 4.79 Å². The molecule has 152 valence electrons. The number of hydrogen-bond donors (Lipinski definition) is 1. The molecule has 0 aliphatic carbocycles. The summed E-state index contributed by atoms with van der Waals surface area (Å²) in [5.41, 5.74) is 1.56. The van der Waals surface area contributed by atoms with Crippen molar-refractivity contribution < 1.29 is 19.1 Å². The SMILES string of the molecule is CN(C(=O)c1ccccc1C(=O)OCC(=O)Nc1cccc(Br)c1)c1ccccc1. The minimum Gasteiger partial charge on any atom is -0.452 e. The van der Waals surface area contributed by atoms with Gasteiger partial charge in [0.2, 0.25) is 0 Å². The van der Waals surface area contributed by atoms with Gasteiger partial charge >= 0.3 is 5.97 Å². The van der Waals surface area contributed by atoms with E-state index in [1.807, 2.05) is 24.3 Å². The van der Waals surface area contributed by atoms with Crippen LogP contribution >= 0.6 is 15.9 Å². The van der Waals surface area contributed by atoms with Crippen LogP contribution in [0.4, 0.5) is 11.4 Å². The molecule has 0 aliphatic rings. The molecule has 3 aromatic carbocycles. The van der Waals surface area contributed by atoms with Crippen molar-refractivity contribution in [2.75, 3.05) is 23.9 Å². The van der Waals surface area contributed by atoms with E-state index >= 15 is 0 Å². The Hall–Kier alpha value is -3.45. The van der Waals surface area contributed by atoms with E-state index in [2.05, 4.69) is 21.2 Å². The first-order chi connectivity index (χ1) is 14.5. The average molecular weight is 467 g/mol. The molecule has 3 rings (SSSR count). The molecular weight excluding hydrogens is 448 g/mol. The topological polar surface area (TPSA) is 75.7 Å². The van der Waals surface area contributed by atoms with Gasteiger partial charge in [-0.15, -0.1) is 0 Å². The molecule has 0 bridgehead atoms. The van der Waals surface area contributed by atoms with Gasteiger partial charge in [-0.2, -0.15) is 0 Å². The molecule has 0 radical (unpaired) electrons.